The van der Waals surface area contributed by atoms with Crippen LogP contribution in [0.5, 0.6) is 0 Å². The van der Waals surface area contributed by atoms with Gasteiger partial charge in [-0.15, -0.1) is 0 Å². The molecule has 0 aromatic carbocycles. The van der Waals surface area contributed by atoms with Crippen molar-refractivity contribution < 1.29 is 19.4 Å². The molecule has 1 heterocycles. The fraction of sp³-hybridized carbons (Fsp3) is 0.889. The number of carbonyl (C=O) groups is 1. The lowest BCUT2D eigenvalue weighted by molar-refractivity contribution is -0.132. The molecule has 1 saturated heterocycles. The molecule has 4 nitrogen and oxygen atoms in total. The summed E-state index contributed by atoms with van der Waals surface area (Å²) in [4.78, 5) is 11.3. The fourth-order valence-corrected chi connectivity index (χ4v) is 1.48. The summed E-state index contributed by atoms with van der Waals surface area (Å²) < 4.78 is 9.94. The molecule has 2 atom stereocenters. The number of aliphatic hydroxyl groups is 1. The van der Waals surface area contributed by atoms with E-state index in [0.717, 1.165) is 0 Å². The molecule has 0 aromatic heterocycles. The van der Waals surface area contributed by atoms with E-state index in [1.54, 1.807) is 0 Å². The predicted octanol–water partition coefficient (Wildman–Crippen LogP) is -0.0106. The number of ether oxygens (including phenoxy) is 2. The van der Waals surface area contributed by atoms with Gasteiger partial charge in [0.05, 0.1) is 25.9 Å². The average molecular weight is 188 g/mol. The third-order valence-electron chi connectivity index (χ3n) is 2.18. The van der Waals surface area contributed by atoms with Gasteiger partial charge in [0.25, 0.3) is 0 Å². The molecule has 0 bridgehead atoms. The molecule has 0 radical (unpaired) electrons. The highest BCUT2D eigenvalue weighted by atomic mass is 16.5. The zero-order valence-electron chi connectivity index (χ0n) is 7.86. The molecule has 1 rings (SSSR count). The number of aliphatic hydroxyl groups excluding tert-OH is 1. The van der Waals surface area contributed by atoms with Crippen LogP contribution in [0.1, 0.15) is 12.8 Å². The molecule has 0 aromatic rings. The summed E-state index contributed by atoms with van der Waals surface area (Å²) in [5.74, 6) is 0.0558. The summed E-state index contributed by atoms with van der Waals surface area (Å²) in [5.41, 5.74) is 0. The molecule has 1 N–H and O–H groups in total. The van der Waals surface area contributed by atoms with Crippen molar-refractivity contribution in [3.8, 4) is 0 Å². The van der Waals surface area contributed by atoms with Crippen molar-refractivity contribution in [2.24, 2.45) is 5.92 Å². The number of Topliss-reactive ketones (excluding diaryl/α,β-unsaturated/α-hetero) is 1. The Kier molecular flexibility index (Phi) is 4.35. The number of ketones is 1. The van der Waals surface area contributed by atoms with Crippen LogP contribution < -0.4 is 0 Å². The Bertz CT molecular complexity index is 169. The van der Waals surface area contributed by atoms with Crippen LogP contribution >= 0.6 is 0 Å². The van der Waals surface area contributed by atoms with Crippen molar-refractivity contribution in [3.63, 3.8) is 0 Å². The number of methoxy groups -OCH3 is 1. The van der Waals surface area contributed by atoms with Gasteiger partial charge in [0.2, 0.25) is 0 Å². The zero-order valence-corrected chi connectivity index (χ0v) is 7.86. The maximum absolute atomic E-state index is 11.3. The molecular weight excluding hydrogens is 172 g/mol. The quantitative estimate of drug-likeness (QED) is 0.674. The van der Waals surface area contributed by atoms with E-state index in [-0.39, 0.29) is 18.3 Å². The molecule has 1 fully saturated rings. The van der Waals surface area contributed by atoms with Gasteiger partial charge >= 0.3 is 0 Å². The number of rotatable bonds is 4. The van der Waals surface area contributed by atoms with Crippen LogP contribution in [0.4, 0.5) is 0 Å². The van der Waals surface area contributed by atoms with Crippen molar-refractivity contribution in [1.82, 2.24) is 0 Å². The van der Waals surface area contributed by atoms with Crippen molar-refractivity contribution in [2.45, 2.75) is 18.9 Å². The first-order chi connectivity index (χ1) is 6.24. The Hall–Kier alpha value is -0.450. The highest BCUT2D eigenvalue weighted by Crippen LogP contribution is 2.15. The average Bonchev–Trinajstić information content (AvgIpc) is 2.09. The Labute approximate surface area is 77.8 Å². The summed E-state index contributed by atoms with van der Waals surface area (Å²) in [5, 5.41) is 9.39. The van der Waals surface area contributed by atoms with Crippen LogP contribution in [0.3, 0.4) is 0 Å². The number of hydrogen-bond acceptors (Lipinski definition) is 4. The third kappa shape index (κ3) is 3.42. The van der Waals surface area contributed by atoms with E-state index in [2.05, 4.69) is 0 Å². The molecule has 0 aliphatic carbocycles. The second-order valence-corrected chi connectivity index (χ2v) is 3.33. The van der Waals surface area contributed by atoms with Gasteiger partial charge in [0.15, 0.2) is 0 Å². The lowest BCUT2D eigenvalue weighted by Crippen LogP contribution is -2.31. The van der Waals surface area contributed by atoms with Crippen molar-refractivity contribution >= 4 is 5.78 Å². The first-order valence-corrected chi connectivity index (χ1v) is 4.51. The highest BCUT2D eigenvalue weighted by molar-refractivity contribution is 5.81. The van der Waals surface area contributed by atoms with Crippen LogP contribution in [0.2, 0.25) is 0 Å². The molecule has 4 heteroatoms. The second-order valence-electron chi connectivity index (χ2n) is 3.33. The lowest BCUT2D eigenvalue weighted by atomic mass is 9.94. The zero-order chi connectivity index (χ0) is 9.68. The summed E-state index contributed by atoms with van der Waals surface area (Å²) in [6, 6.07) is 0. The third-order valence-corrected chi connectivity index (χ3v) is 2.18. The summed E-state index contributed by atoms with van der Waals surface area (Å²) in [6.45, 7) is 1.25. The highest BCUT2D eigenvalue weighted by Gasteiger charge is 2.25. The normalized spacial score (nSPS) is 26.0. The topological polar surface area (TPSA) is 55.8 Å². The van der Waals surface area contributed by atoms with Crippen molar-refractivity contribution in [3.05, 3.63) is 0 Å². The Morgan fingerprint density at radius 3 is 3.15 bits per heavy atom. The van der Waals surface area contributed by atoms with Crippen LogP contribution in [0, 0.1) is 5.92 Å². The molecule has 0 amide bonds. The van der Waals surface area contributed by atoms with Gasteiger partial charge in [-0.25, -0.2) is 0 Å². The van der Waals surface area contributed by atoms with E-state index in [1.165, 1.54) is 7.11 Å². The van der Waals surface area contributed by atoms with Crippen LogP contribution in [0.15, 0.2) is 0 Å². The Morgan fingerprint density at radius 2 is 2.54 bits per heavy atom. The standard InChI is InChI=1S/C9H16O4/c1-12-6-8(10)4-7-5-13-3-2-9(7)11/h7-8,10H,2-6H2,1H3. The fourth-order valence-electron chi connectivity index (χ4n) is 1.48. The van der Waals surface area contributed by atoms with E-state index in [0.29, 0.717) is 26.1 Å². The van der Waals surface area contributed by atoms with Crippen LogP contribution in [-0.4, -0.2) is 43.9 Å². The van der Waals surface area contributed by atoms with Gasteiger partial charge in [-0.1, -0.05) is 0 Å². The minimum absolute atomic E-state index is 0.140. The lowest BCUT2D eigenvalue weighted by Gasteiger charge is -2.22. The number of carbonyl (C=O) groups excluding carboxylic acids is 1. The molecule has 76 valence electrons. The predicted molar refractivity (Wildman–Crippen MR) is 46.4 cm³/mol. The minimum Gasteiger partial charge on any atom is -0.391 e. The summed E-state index contributed by atoms with van der Waals surface area (Å²) >= 11 is 0. The first kappa shape index (κ1) is 10.6. The van der Waals surface area contributed by atoms with Gasteiger partial charge in [-0.3, -0.25) is 4.79 Å². The van der Waals surface area contributed by atoms with Crippen LogP contribution in [-0.2, 0) is 14.3 Å². The van der Waals surface area contributed by atoms with Gasteiger partial charge in [0.1, 0.15) is 5.78 Å². The largest absolute Gasteiger partial charge is 0.391 e. The summed E-state index contributed by atoms with van der Waals surface area (Å²) in [6.07, 6.45) is 0.373. The first-order valence-electron chi connectivity index (χ1n) is 4.51. The molecular formula is C9H16O4. The maximum atomic E-state index is 11.3. The maximum Gasteiger partial charge on any atom is 0.140 e. The summed E-state index contributed by atoms with van der Waals surface area (Å²) in [7, 11) is 1.53. The van der Waals surface area contributed by atoms with Gasteiger partial charge in [-0.05, 0) is 6.42 Å². The van der Waals surface area contributed by atoms with Crippen molar-refractivity contribution in [2.75, 3.05) is 26.9 Å². The molecule has 1 aliphatic rings. The van der Waals surface area contributed by atoms with E-state index in [1.807, 2.05) is 0 Å². The second kappa shape index (κ2) is 5.32. The van der Waals surface area contributed by atoms with E-state index in [4.69, 9.17) is 9.47 Å². The Balaban J connectivity index is 2.29. The van der Waals surface area contributed by atoms with E-state index < -0.39 is 6.10 Å². The van der Waals surface area contributed by atoms with Gasteiger partial charge < -0.3 is 14.6 Å². The monoisotopic (exact) mass is 188 g/mol. The van der Waals surface area contributed by atoms with Crippen LogP contribution in [0.25, 0.3) is 0 Å². The molecule has 1 aliphatic heterocycles. The minimum atomic E-state index is -0.555. The molecule has 2 unspecified atom stereocenters. The molecule has 0 spiro atoms. The van der Waals surface area contributed by atoms with Crippen molar-refractivity contribution in [1.29, 1.82) is 0 Å². The number of hydrogen-bond donors (Lipinski definition) is 1. The van der Waals surface area contributed by atoms with E-state index in [9.17, 15) is 9.90 Å². The smallest absolute Gasteiger partial charge is 0.140 e. The molecule has 0 saturated carbocycles. The van der Waals surface area contributed by atoms with Gasteiger partial charge in [-0.2, -0.15) is 0 Å². The molecule has 13 heavy (non-hydrogen) atoms. The van der Waals surface area contributed by atoms with E-state index >= 15 is 0 Å². The Morgan fingerprint density at radius 1 is 1.77 bits per heavy atom. The SMILES string of the molecule is COCC(O)CC1COCCC1=O. The van der Waals surface area contributed by atoms with Gasteiger partial charge in [0, 0.05) is 19.4 Å².